The lowest BCUT2D eigenvalue weighted by molar-refractivity contribution is 0.102. The summed E-state index contributed by atoms with van der Waals surface area (Å²) in [5.74, 6) is -1.97. The fraction of sp³-hybridized carbons (Fsp3) is 0.0769. The summed E-state index contributed by atoms with van der Waals surface area (Å²) in [7, 11) is 0. The molecule has 2 rings (SSSR count). The van der Waals surface area contributed by atoms with Gasteiger partial charge in [0.2, 0.25) is 0 Å². The smallest absolute Gasteiger partial charge is 0.255 e. The van der Waals surface area contributed by atoms with Gasteiger partial charge in [0.05, 0.1) is 5.69 Å². The molecule has 0 aliphatic carbocycles. The number of anilines is 1. The second kappa shape index (κ2) is 4.91. The van der Waals surface area contributed by atoms with Gasteiger partial charge < -0.3 is 5.32 Å². The van der Waals surface area contributed by atoms with Gasteiger partial charge in [-0.2, -0.15) is 0 Å². The fourth-order valence-corrected chi connectivity index (χ4v) is 1.47. The molecule has 18 heavy (non-hydrogen) atoms. The largest absolute Gasteiger partial charge is 0.319 e. The lowest BCUT2D eigenvalue weighted by atomic mass is 10.2. The van der Waals surface area contributed by atoms with Crippen LogP contribution in [0.25, 0.3) is 0 Å². The van der Waals surface area contributed by atoms with Gasteiger partial charge in [0.1, 0.15) is 11.6 Å². The van der Waals surface area contributed by atoms with Crippen molar-refractivity contribution >= 4 is 11.6 Å². The minimum absolute atomic E-state index is 0.0594. The molecule has 1 N–H and O–H groups in total. The van der Waals surface area contributed by atoms with Crippen molar-refractivity contribution in [1.29, 1.82) is 0 Å². The fourth-order valence-electron chi connectivity index (χ4n) is 1.47. The van der Waals surface area contributed by atoms with Crippen LogP contribution in [0.4, 0.5) is 14.5 Å². The van der Waals surface area contributed by atoms with E-state index in [1.807, 2.05) is 0 Å². The summed E-state index contributed by atoms with van der Waals surface area (Å²) in [6.07, 6.45) is 1.49. The Labute approximate surface area is 102 Å². The number of amides is 1. The van der Waals surface area contributed by atoms with E-state index < -0.39 is 17.5 Å². The van der Waals surface area contributed by atoms with Gasteiger partial charge in [0, 0.05) is 23.5 Å². The zero-order chi connectivity index (χ0) is 13.1. The predicted molar refractivity (Wildman–Crippen MR) is 63.3 cm³/mol. The minimum atomic E-state index is -0.811. The molecule has 1 aromatic heterocycles. The van der Waals surface area contributed by atoms with Crippen molar-refractivity contribution in [3.05, 3.63) is 59.4 Å². The van der Waals surface area contributed by atoms with Crippen molar-refractivity contribution < 1.29 is 13.6 Å². The molecular formula is C13H10F2N2O. The third-order valence-corrected chi connectivity index (χ3v) is 2.34. The van der Waals surface area contributed by atoms with Crippen LogP contribution < -0.4 is 5.32 Å². The van der Waals surface area contributed by atoms with Crippen LogP contribution in [-0.2, 0) is 0 Å². The predicted octanol–water partition coefficient (Wildman–Crippen LogP) is 2.92. The summed E-state index contributed by atoms with van der Waals surface area (Å²) < 4.78 is 26.0. The van der Waals surface area contributed by atoms with E-state index in [0.717, 1.165) is 6.07 Å². The molecule has 5 heteroatoms. The third-order valence-electron chi connectivity index (χ3n) is 2.34. The first-order valence-corrected chi connectivity index (χ1v) is 5.25. The summed E-state index contributed by atoms with van der Waals surface area (Å²) in [5.41, 5.74) is 0.990. The number of benzene rings is 1. The topological polar surface area (TPSA) is 42.0 Å². The molecule has 0 saturated carbocycles. The van der Waals surface area contributed by atoms with Gasteiger partial charge in [-0.15, -0.1) is 0 Å². The number of hydrogen-bond donors (Lipinski definition) is 1. The lowest BCUT2D eigenvalue weighted by Crippen LogP contribution is -2.13. The summed E-state index contributed by atoms with van der Waals surface area (Å²) in [6.45, 7) is 1.75. The average Bonchev–Trinajstić information content (AvgIpc) is 2.32. The van der Waals surface area contributed by atoms with Crippen molar-refractivity contribution in [2.75, 3.05) is 5.32 Å². The first-order chi connectivity index (χ1) is 8.56. The van der Waals surface area contributed by atoms with Crippen LogP contribution in [0.2, 0.25) is 0 Å². The van der Waals surface area contributed by atoms with E-state index in [-0.39, 0.29) is 5.69 Å². The molecule has 0 atom stereocenters. The Morgan fingerprint density at radius 2 is 2.00 bits per heavy atom. The normalized spacial score (nSPS) is 10.2. The van der Waals surface area contributed by atoms with Crippen molar-refractivity contribution in [3.8, 4) is 0 Å². The molecule has 0 fully saturated rings. The number of pyridine rings is 1. The Hall–Kier alpha value is -2.30. The average molecular weight is 248 g/mol. The van der Waals surface area contributed by atoms with Gasteiger partial charge in [0.25, 0.3) is 5.91 Å². The quantitative estimate of drug-likeness (QED) is 0.887. The zero-order valence-electron chi connectivity index (χ0n) is 9.58. The number of halogens is 2. The van der Waals surface area contributed by atoms with Crippen molar-refractivity contribution in [2.45, 2.75) is 6.92 Å². The van der Waals surface area contributed by atoms with Crippen molar-refractivity contribution in [1.82, 2.24) is 4.98 Å². The van der Waals surface area contributed by atoms with E-state index in [9.17, 15) is 13.6 Å². The summed E-state index contributed by atoms with van der Waals surface area (Å²) in [6, 6.07) is 6.07. The van der Waals surface area contributed by atoms with Gasteiger partial charge in [-0.3, -0.25) is 9.78 Å². The molecule has 0 radical (unpaired) electrons. The molecule has 1 amide bonds. The number of aromatic nitrogens is 1. The molecular weight excluding hydrogens is 238 g/mol. The van der Waals surface area contributed by atoms with Crippen molar-refractivity contribution in [2.24, 2.45) is 0 Å². The van der Waals surface area contributed by atoms with E-state index in [1.54, 1.807) is 13.0 Å². The number of hydrogen-bond acceptors (Lipinski definition) is 2. The van der Waals surface area contributed by atoms with Crippen LogP contribution in [0, 0.1) is 18.6 Å². The molecule has 1 heterocycles. The van der Waals surface area contributed by atoms with Gasteiger partial charge in [-0.25, -0.2) is 8.78 Å². The van der Waals surface area contributed by atoms with Crippen LogP contribution in [0.5, 0.6) is 0 Å². The van der Waals surface area contributed by atoms with Crippen LogP contribution in [-0.4, -0.2) is 10.9 Å². The minimum Gasteiger partial charge on any atom is -0.319 e. The number of carbonyl (C=O) groups excluding carboxylic acids is 1. The van der Waals surface area contributed by atoms with Gasteiger partial charge in [0.15, 0.2) is 0 Å². The van der Waals surface area contributed by atoms with E-state index >= 15 is 0 Å². The molecule has 0 aliphatic heterocycles. The van der Waals surface area contributed by atoms with E-state index in [2.05, 4.69) is 10.3 Å². The molecule has 3 nitrogen and oxygen atoms in total. The van der Waals surface area contributed by atoms with Crippen LogP contribution in [0.3, 0.4) is 0 Å². The lowest BCUT2D eigenvalue weighted by Gasteiger charge is -2.06. The molecule has 1 aromatic carbocycles. The van der Waals surface area contributed by atoms with Gasteiger partial charge >= 0.3 is 0 Å². The maximum Gasteiger partial charge on any atom is 0.255 e. The maximum absolute atomic E-state index is 13.3. The Morgan fingerprint density at radius 3 is 2.67 bits per heavy atom. The Morgan fingerprint density at radius 1 is 1.22 bits per heavy atom. The monoisotopic (exact) mass is 248 g/mol. The highest BCUT2D eigenvalue weighted by Gasteiger charge is 2.10. The van der Waals surface area contributed by atoms with E-state index in [4.69, 9.17) is 0 Å². The van der Waals surface area contributed by atoms with Crippen molar-refractivity contribution in [3.63, 3.8) is 0 Å². The SMILES string of the molecule is Cc1cc(C(=O)Nc2ccc(F)cc2F)ccn1. The summed E-state index contributed by atoms with van der Waals surface area (Å²) in [5, 5.41) is 2.37. The van der Waals surface area contributed by atoms with E-state index in [1.165, 1.54) is 18.3 Å². The number of aryl methyl sites for hydroxylation is 1. The first kappa shape index (κ1) is 12.2. The number of nitrogens with zero attached hydrogens (tertiary/aromatic N) is 1. The van der Waals surface area contributed by atoms with Crippen LogP contribution >= 0.6 is 0 Å². The summed E-state index contributed by atoms with van der Waals surface area (Å²) in [4.78, 5) is 15.8. The molecule has 2 aromatic rings. The van der Waals surface area contributed by atoms with Crippen LogP contribution in [0.1, 0.15) is 16.1 Å². The molecule has 0 bridgehead atoms. The molecule has 0 saturated heterocycles. The van der Waals surface area contributed by atoms with Gasteiger partial charge in [-0.05, 0) is 31.2 Å². The highest BCUT2D eigenvalue weighted by Crippen LogP contribution is 2.16. The third kappa shape index (κ3) is 2.68. The highest BCUT2D eigenvalue weighted by atomic mass is 19.1. The second-order valence-electron chi connectivity index (χ2n) is 3.76. The zero-order valence-corrected chi connectivity index (χ0v) is 9.58. The Balaban J connectivity index is 2.21. The number of carbonyl (C=O) groups is 1. The van der Waals surface area contributed by atoms with Crippen LogP contribution in [0.15, 0.2) is 36.5 Å². The highest BCUT2D eigenvalue weighted by molar-refractivity contribution is 6.04. The molecule has 0 spiro atoms. The van der Waals surface area contributed by atoms with E-state index in [0.29, 0.717) is 17.3 Å². The molecule has 0 aliphatic rings. The first-order valence-electron chi connectivity index (χ1n) is 5.25. The molecule has 0 unspecified atom stereocenters. The molecule has 92 valence electrons. The second-order valence-corrected chi connectivity index (χ2v) is 3.76. The standard InChI is InChI=1S/C13H10F2N2O/c1-8-6-9(4-5-16-8)13(18)17-12-3-2-10(14)7-11(12)15/h2-7H,1H3,(H,17,18). The Kier molecular flexibility index (Phi) is 3.32. The summed E-state index contributed by atoms with van der Waals surface area (Å²) >= 11 is 0. The number of nitrogens with one attached hydrogen (secondary N) is 1. The Bertz CT molecular complexity index is 599. The number of rotatable bonds is 2. The van der Waals surface area contributed by atoms with Gasteiger partial charge in [-0.1, -0.05) is 0 Å². The maximum atomic E-state index is 13.3.